The van der Waals surface area contributed by atoms with Gasteiger partial charge in [0.25, 0.3) is 0 Å². The van der Waals surface area contributed by atoms with Crippen molar-refractivity contribution in [1.29, 1.82) is 0 Å². The summed E-state index contributed by atoms with van der Waals surface area (Å²) < 4.78 is 6.48. The molecule has 1 fully saturated rings. The summed E-state index contributed by atoms with van der Waals surface area (Å²) in [6.07, 6.45) is 3.01. The number of esters is 1. The largest absolute Gasteiger partial charge is 0.462 e. The van der Waals surface area contributed by atoms with Gasteiger partial charge in [-0.2, -0.15) is 5.10 Å². The molecule has 0 radical (unpaired) electrons. The van der Waals surface area contributed by atoms with Gasteiger partial charge in [-0.15, -0.1) is 0 Å². The second-order valence-electron chi connectivity index (χ2n) is 5.65. The minimum atomic E-state index is -0.503. The summed E-state index contributed by atoms with van der Waals surface area (Å²) in [5, 5.41) is 6.91. The van der Waals surface area contributed by atoms with Crippen LogP contribution in [0.4, 0.5) is 5.82 Å². The molecule has 0 spiro atoms. The van der Waals surface area contributed by atoms with Crippen molar-refractivity contribution in [2.75, 3.05) is 11.9 Å². The van der Waals surface area contributed by atoms with E-state index >= 15 is 0 Å². The Morgan fingerprint density at radius 1 is 1.30 bits per heavy atom. The van der Waals surface area contributed by atoms with Gasteiger partial charge in [-0.25, -0.2) is 4.79 Å². The number of aryl methyl sites for hydroxylation is 1. The SMILES string of the molecule is CCOC(=O)c1cnn(C)c1NC(=O)C1(c2ccccc2)CC1. The van der Waals surface area contributed by atoms with Crippen molar-refractivity contribution < 1.29 is 14.3 Å². The summed E-state index contributed by atoms with van der Waals surface area (Å²) in [7, 11) is 1.68. The molecule has 1 amide bonds. The monoisotopic (exact) mass is 313 g/mol. The Bertz CT molecular complexity index is 733. The number of hydrogen-bond donors (Lipinski definition) is 1. The molecule has 0 unspecified atom stereocenters. The lowest BCUT2D eigenvalue weighted by molar-refractivity contribution is -0.118. The lowest BCUT2D eigenvalue weighted by atomic mass is 9.95. The van der Waals surface area contributed by atoms with Gasteiger partial charge in [-0.3, -0.25) is 9.48 Å². The first-order valence-electron chi connectivity index (χ1n) is 7.64. The number of benzene rings is 1. The van der Waals surface area contributed by atoms with E-state index in [1.54, 1.807) is 14.0 Å². The van der Waals surface area contributed by atoms with Crippen LogP contribution in [-0.2, 0) is 22.0 Å². The van der Waals surface area contributed by atoms with Crippen molar-refractivity contribution in [2.45, 2.75) is 25.2 Å². The van der Waals surface area contributed by atoms with E-state index < -0.39 is 11.4 Å². The fourth-order valence-electron chi connectivity index (χ4n) is 2.70. The van der Waals surface area contributed by atoms with Crippen LogP contribution in [0.2, 0.25) is 0 Å². The van der Waals surface area contributed by atoms with E-state index in [9.17, 15) is 9.59 Å². The molecule has 6 heteroatoms. The number of hydrogen-bond acceptors (Lipinski definition) is 4. The normalized spacial score (nSPS) is 15.0. The van der Waals surface area contributed by atoms with Gasteiger partial charge < -0.3 is 10.1 Å². The molecule has 1 heterocycles. The molecular formula is C17H19N3O3. The first kappa shape index (κ1) is 15.3. The Kier molecular flexibility index (Phi) is 3.90. The molecular weight excluding hydrogens is 294 g/mol. The quantitative estimate of drug-likeness (QED) is 0.859. The number of carbonyl (C=O) groups excluding carboxylic acids is 2. The smallest absolute Gasteiger partial charge is 0.343 e. The van der Waals surface area contributed by atoms with Gasteiger partial charge in [0, 0.05) is 7.05 Å². The molecule has 0 atom stereocenters. The minimum absolute atomic E-state index is 0.113. The maximum atomic E-state index is 12.8. The fraction of sp³-hybridized carbons (Fsp3) is 0.353. The number of amides is 1. The highest BCUT2D eigenvalue weighted by molar-refractivity contribution is 6.05. The summed E-state index contributed by atoms with van der Waals surface area (Å²) >= 11 is 0. The molecule has 6 nitrogen and oxygen atoms in total. The van der Waals surface area contributed by atoms with Gasteiger partial charge in [0.15, 0.2) is 0 Å². The molecule has 3 rings (SSSR count). The van der Waals surface area contributed by atoms with E-state index in [-0.39, 0.29) is 18.1 Å². The zero-order valence-electron chi connectivity index (χ0n) is 13.2. The van der Waals surface area contributed by atoms with Crippen LogP contribution >= 0.6 is 0 Å². The highest BCUT2D eigenvalue weighted by Gasteiger charge is 2.51. The average Bonchev–Trinajstić information content (AvgIpc) is 3.29. The van der Waals surface area contributed by atoms with Crippen LogP contribution in [0.15, 0.2) is 36.5 Å². The van der Waals surface area contributed by atoms with E-state index in [2.05, 4.69) is 10.4 Å². The molecule has 0 aliphatic heterocycles. The first-order valence-corrected chi connectivity index (χ1v) is 7.64. The van der Waals surface area contributed by atoms with Crippen molar-refractivity contribution in [1.82, 2.24) is 9.78 Å². The lowest BCUT2D eigenvalue weighted by Gasteiger charge is -2.16. The highest BCUT2D eigenvalue weighted by atomic mass is 16.5. The van der Waals surface area contributed by atoms with Crippen LogP contribution in [0.3, 0.4) is 0 Å². The number of rotatable bonds is 5. The minimum Gasteiger partial charge on any atom is -0.462 e. The van der Waals surface area contributed by atoms with Gasteiger partial charge >= 0.3 is 5.97 Å². The Morgan fingerprint density at radius 3 is 2.61 bits per heavy atom. The molecule has 1 N–H and O–H groups in total. The number of anilines is 1. The number of nitrogens with one attached hydrogen (secondary N) is 1. The third kappa shape index (κ3) is 2.72. The molecule has 1 aromatic carbocycles. The molecule has 1 aliphatic rings. The molecule has 0 saturated heterocycles. The van der Waals surface area contributed by atoms with E-state index in [1.807, 2.05) is 30.3 Å². The standard InChI is InChI=1S/C17H19N3O3/c1-3-23-15(21)13-11-18-20(2)14(13)19-16(22)17(9-10-17)12-7-5-4-6-8-12/h4-8,11H,3,9-10H2,1-2H3,(H,19,22). The molecule has 1 saturated carbocycles. The molecule has 23 heavy (non-hydrogen) atoms. The summed E-state index contributed by atoms with van der Waals surface area (Å²) in [5.41, 5.74) is 0.765. The first-order chi connectivity index (χ1) is 11.1. The highest BCUT2D eigenvalue weighted by Crippen LogP contribution is 2.49. The van der Waals surface area contributed by atoms with E-state index in [1.165, 1.54) is 10.9 Å². The molecule has 1 aromatic heterocycles. The maximum Gasteiger partial charge on any atom is 0.343 e. The zero-order chi connectivity index (χ0) is 16.4. The summed E-state index contributed by atoms with van der Waals surface area (Å²) in [5.74, 6) is -0.228. The fourth-order valence-corrected chi connectivity index (χ4v) is 2.70. The number of nitrogens with zero attached hydrogens (tertiary/aromatic N) is 2. The van der Waals surface area contributed by atoms with Crippen LogP contribution in [-0.4, -0.2) is 28.3 Å². The number of carbonyl (C=O) groups is 2. The molecule has 0 bridgehead atoms. The van der Waals surface area contributed by atoms with Crippen LogP contribution in [0.25, 0.3) is 0 Å². The summed E-state index contributed by atoms with van der Waals surface area (Å²) in [6.45, 7) is 2.01. The Labute approximate surface area is 134 Å². The zero-order valence-corrected chi connectivity index (χ0v) is 13.2. The average molecular weight is 313 g/mol. The second-order valence-corrected chi connectivity index (χ2v) is 5.65. The summed E-state index contributed by atoms with van der Waals surface area (Å²) in [6, 6.07) is 9.70. The third-order valence-electron chi connectivity index (χ3n) is 4.18. The van der Waals surface area contributed by atoms with Crippen LogP contribution < -0.4 is 5.32 Å². The molecule has 120 valence electrons. The van der Waals surface area contributed by atoms with Crippen molar-refractivity contribution in [2.24, 2.45) is 7.05 Å². The van der Waals surface area contributed by atoms with E-state index in [0.29, 0.717) is 5.82 Å². The second kappa shape index (κ2) is 5.87. The van der Waals surface area contributed by atoms with Gasteiger partial charge in [0.2, 0.25) is 5.91 Å². The van der Waals surface area contributed by atoms with E-state index in [4.69, 9.17) is 4.74 Å². The summed E-state index contributed by atoms with van der Waals surface area (Å²) in [4.78, 5) is 24.7. The lowest BCUT2D eigenvalue weighted by Crippen LogP contribution is -2.29. The van der Waals surface area contributed by atoms with Crippen molar-refractivity contribution in [3.63, 3.8) is 0 Å². The number of ether oxygens (including phenoxy) is 1. The van der Waals surface area contributed by atoms with Crippen molar-refractivity contribution >= 4 is 17.7 Å². The van der Waals surface area contributed by atoms with Gasteiger partial charge in [0.1, 0.15) is 11.4 Å². The van der Waals surface area contributed by atoms with Crippen LogP contribution in [0, 0.1) is 0 Å². The van der Waals surface area contributed by atoms with Crippen molar-refractivity contribution in [3.8, 4) is 0 Å². The Balaban J connectivity index is 1.84. The number of aromatic nitrogens is 2. The maximum absolute atomic E-state index is 12.8. The Hall–Kier alpha value is -2.63. The molecule has 2 aromatic rings. The third-order valence-corrected chi connectivity index (χ3v) is 4.18. The van der Waals surface area contributed by atoms with Gasteiger partial charge in [-0.05, 0) is 25.3 Å². The van der Waals surface area contributed by atoms with Crippen molar-refractivity contribution in [3.05, 3.63) is 47.7 Å². The predicted octanol–water partition coefficient (Wildman–Crippen LogP) is 2.27. The Morgan fingerprint density at radius 2 is 2.00 bits per heavy atom. The van der Waals surface area contributed by atoms with Crippen LogP contribution in [0.5, 0.6) is 0 Å². The van der Waals surface area contributed by atoms with Gasteiger partial charge in [0.05, 0.1) is 18.2 Å². The van der Waals surface area contributed by atoms with E-state index in [0.717, 1.165) is 18.4 Å². The van der Waals surface area contributed by atoms with Gasteiger partial charge in [-0.1, -0.05) is 30.3 Å². The molecule has 1 aliphatic carbocycles. The predicted molar refractivity (Wildman–Crippen MR) is 85.1 cm³/mol. The topological polar surface area (TPSA) is 73.2 Å². The van der Waals surface area contributed by atoms with Crippen LogP contribution in [0.1, 0.15) is 35.7 Å².